The molecule has 1 aromatic heterocycles. The zero-order valence-corrected chi connectivity index (χ0v) is 15.5. The minimum Gasteiger partial charge on any atom is -0.464 e. The van der Waals surface area contributed by atoms with Crippen LogP contribution >= 0.6 is 0 Å². The van der Waals surface area contributed by atoms with Crippen LogP contribution in [-0.4, -0.2) is 43.9 Å². The van der Waals surface area contributed by atoms with Crippen molar-refractivity contribution >= 4 is 14.0 Å². The molecule has 0 radical (unpaired) electrons. The first kappa shape index (κ1) is 18.9. The van der Waals surface area contributed by atoms with Crippen LogP contribution in [0.3, 0.4) is 0 Å². The molecule has 0 aliphatic rings. The lowest BCUT2D eigenvalue weighted by Gasteiger charge is -2.17. The summed E-state index contributed by atoms with van der Waals surface area (Å²) in [6, 6.07) is 1.10. The summed E-state index contributed by atoms with van der Waals surface area (Å²) in [5.41, 5.74) is 0.276. The fourth-order valence-corrected chi connectivity index (χ4v) is 2.68. The van der Waals surface area contributed by atoms with Crippen molar-refractivity contribution in [3.05, 3.63) is 17.7 Å². The molecule has 0 amide bonds. The summed E-state index contributed by atoms with van der Waals surface area (Å²) >= 11 is 0. The molecule has 0 saturated heterocycles. The van der Waals surface area contributed by atoms with E-state index in [1.807, 2.05) is 18.4 Å². The first-order chi connectivity index (χ1) is 10.3. The first-order valence-electron chi connectivity index (χ1n) is 7.63. The molecule has 7 heteroatoms. The number of methoxy groups -OCH3 is 1. The molecule has 1 unspecified atom stereocenters. The van der Waals surface area contributed by atoms with Crippen LogP contribution in [0.15, 0.2) is 6.20 Å². The van der Waals surface area contributed by atoms with Crippen molar-refractivity contribution in [1.29, 1.82) is 0 Å². The quantitative estimate of drug-likeness (QED) is 0.396. The van der Waals surface area contributed by atoms with Crippen LogP contribution < -0.4 is 0 Å². The minimum absolute atomic E-state index is 0.205. The second-order valence-electron chi connectivity index (χ2n) is 6.39. The van der Waals surface area contributed by atoms with E-state index >= 15 is 0 Å². The Morgan fingerprint density at radius 2 is 2.09 bits per heavy atom. The van der Waals surface area contributed by atoms with E-state index in [4.69, 9.17) is 14.2 Å². The van der Waals surface area contributed by atoms with Crippen LogP contribution in [-0.2, 0) is 20.9 Å². The van der Waals surface area contributed by atoms with Crippen molar-refractivity contribution in [3.8, 4) is 0 Å². The molecule has 126 valence electrons. The molecule has 0 N–H and O–H groups in total. The van der Waals surface area contributed by atoms with Gasteiger partial charge in [0, 0.05) is 27.5 Å². The number of hydrogen-bond acceptors (Lipinski definition) is 5. The second kappa shape index (κ2) is 8.45. The van der Waals surface area contributed by atoms with Gasteiger partial charge in [-0.3, -0.25) is 0 Å². The molecule has 0 aliphatic carbocycles. The molecule has 0 aliphatic heterocycles. The second-order valence-corrected chi connectivity index (χ2v) is 12.0. The maximum Gasteiger partial charge on any atom is 0.358 e. The molecular formula is C15H28N2O4Si. The summed E-state index contributed by atoms with van der Waals surface area (Å²) in [4.78, 5) is 16.0. The molecule has 1 rings (SSSR count). The zero-order chi connectivity index (χ0) is 16.8. The van der Waals surface area contributed by atoms with E-state index in [0.29, 0.717) is 25.8 Å². The maximum absolute atomic E-state index is 11.6. The summed E-state index contributed by atoms with van der Waals surface area (Å²) in [6.07, 6.45) is 1.45. The van der Waals surface area contributed by atoms with Crippen molar-refractivity contribution in [2.24, 2.45) is 0 Å². The van der Waals surface area contributed by atoms with Gasteiger partial charge in [0.1, 0.15) is 18.7 Å². The molecule has 1 aromatic rings. The monoisotopic (exact) mass is 328 g/mol. The highest BCUT2D eigenvalue weighted by Crippen LogP contribution is 2.17. The molecule has 1 heterocycles. The highest BCUT2D eigenvalue weighted by Gasteiger charge is 2.19. The summed E-state index contributed by atoms with van der Waals surface area (Å²) in [5, 5.41) is 0. The lowest BCUT2D eigenvalue weighted by atomic mass is 10.4. The lowest BCUT2D eigenvalue weighted by molar-refractivity contribution is 0.0485. The summed E-state index contributed by atoms with van der Waals surface area (Å²) < 4.78 is 17.9. The van der Waals surface area contributed by atoms with Gasteiger partial charge in [0.25, 0.3) is 0 Å². The number of rotatable bonds is 9. The number of nitrogens with zero attached hydrogens (tertiary/aromatic N) is 2. The van der Waals surface area contributed by atoms with Crippen LogP contribution in [0, 0.1) is 0 Å². The van der Waals surface area contributed by atoms with Crippen LogP contribution in [0.5, 0.6) is 0 Å². The molecule has 22 heavy (non-hydrogen) atoms. The van der Waals surface area contributed by atoms with E-state index < -0.39 is 14.0 Å². The fraction of sp³-hybridized carbons (Fsp3) is 0.733. The Hall–Kier alpha value is -1.18. The van der Waals surface area contributed by atoms with E-state index in [2.05, 4.69) is 24.6 Å². The number of hydrogen-bond donors (Lipinski definition) is 0. The highest BCUT2D eigenvalue weighted by molar-refractivity contribution is 6.76. The largest absolute Gasteiger partial charge is 0.464 e. The average molecular weight is 328 g/mol. The van der Waals surface area contributed by atoms with Crippen LogP contribution in [0.1, 0.15) is 36.3 Å². The lowest BCUT2D eigenvalue weighted by Crippen LogP contribution is -2.22. The van der Waals surface area contributed by atoms with Crippen LogP contribution in [0.25, 0.3) is 0 Å². The van der Waals surface area contributed by atoms with E-state index in [-0.39, 0.29) is 11.8 Å². The van der Waals surface area contributed by atoms with Gasteiger partial charge in [0.2, 0.25) is 0 Å². The van der Waals surface area contributed by atoms with Gasteiger partial charge in [0.15, 0.2) is 5.69 Å². The molecule has 0 spiro atoms. The van der Waals surface area contributed by atoms with Gasteiger partial charge in [-0.1, -0.05) is 19.6 Å². The number of aromatic nitrogens is 2. The highest BCUT2D eigenvalue weighted by atomic mass is 28.3. The van der Waals surface area contributed by atoms with Crippen molar-refractivity contribution in [2.45, 2.75) is 52.4 Å². The van der Waals surface area contributed by atoms with E-state index in [1.165, 1.54) is 7.11 Å². The Bertz CT molecular complexity index is 482. The third-order valence-electron chi connectivity index (χ3n) is 3.21. The van der Waals surface area contributed by atoms with E-state index in [0.717, 1.165) is 6.04 Å². The van der Waals surface area contributed by atoms with Crippen molar-refractivity contribution in [1.82, 2.24) is 9.55 Å². The Labute approximate surface area is 133 Å². The Morgan fingerprint density at radius 1 is 1.41 bits per heavy atom. The Balaban J connectivity index is 2.77. The summed E-state index contributed by atoms with van der Waals surface area (Å²) in [6.45, 7) is 12.4. The average Bonchev–Trinajstić information content (AvgIpc) is 2.86. The first-order valence-corrected chi connectivity index (χ1v) is 11.3. The van der Waals surface area contributed by atoms with Gasteiger partial charge in [-0.15, -0.1) is 0 Å². The number of imidazole rings is 1. The van der Waals surface area contributed by atoms with Crippen molar-refractivity contribution in [2.75, 3.05) is 20.3 Å². The molecule has 0 fully saturated rings. The minimum atomic E-state index is -1.11. The number of ether oxygens (including phenoxy) is 3. The van der Waals surface area contributed by atoms with Crippen molar-refractivity contribution in [3.63, 3.8) is 0 Å². The van der Waals surface area contributed by atoms with Gasteiger partial charge in [-0.25, -0.2) is 9.78 Å². The summed E-state index contributed by atoms with van der Waals surface area (Å²) in [5.74, 6) is 0.223. The normalized spacial score (nSPS) is 13.2. The third kappa shape index (κ3) is 5.90. The predicted octanol–water partition coefficient (Wildman–Crippen LogP) is 3.08. The molecule has 0 saturated carbocycles. The van der Waals surface area contributed by atoms with Crippen LogP contribution in [0.4, 0.5) is 0 Å². The van der Waals surface area contributed by atoms with Crippen molar-refractivity contribution < 1.29 is 19.0 Å². The van der Waals surface area contributed by atoms with Gasteiger partial charge in [-0.05, 0) is 19.9 Å². The molecule has 0 bridgehead atoms. The molecule has 1 atom stereocenters. The predicted molar refractivity (Wildman–Crippen MR) is 87.7 cm³/mol. The molecular weight excluding hydrogens is 300 g/mol. The Morgan fingerprint density at radius 3 is 2.64 bits per heavy atom. The maximum atomic E-state index is 11.6. The van der Waals surface area contributed by atoms with Gasteiger partial charge < -0.3 is 18.8 Å². The van der Waals surface area contributed by atoms with Crippen LogP contribution in [0.2, 0.25) is 25.7 Å². The molecule has 6 nitrogen and oxygen atoms in total. The smallest absolute Gasteiger partial charge is 0.358 e. The number of esters is 1. The third-order valence-corrected chi connectivity index (χ3v) is 4.91. The number of carbonyl (C=O) groups is 1. The summed E-state index contributed by atoms with van der Waals surface area (Å²) in [7, 11) is 0.234. The Kier molecular flexibility index (Phi) is 7.25. The topological polar surface area (TPSA) is 62.6 Å². The van der Waals surface area contributed by atoms with E-state index in [1.54, 1.807) is 6.20 Å². The van der Waals surface area contributed by atoms with Gasteiger partial charge >= 0.3 is 5.97 Å². The SMILES string of the molecule is CCOC(C)c1nc(C(=O)OC)cn1COCC[Si](C)(C)C. The molecule has 0 aromatic carbocycles. The fourth-order valence-electron chi connectivity index (χ4n) is 1.93. The standard InChI is InChI=1S/C15H28N2O4Si/c1-7-21-12(2)14-16-13(15(18)19-3)10-17(14)11-20-8-9-22(4,5)6/h10,12H,7-9,11H2,1-6H3. The van der Waals surface area contributed by atoms with Gasteiger partial charge in [-0.2, -0.15) is 0 Å². The number of carbonyl (C=O) groups excluding carboxylic acids is 1. The van der Waals surface area contributed by atoms with E-state index in [9.17, 15) is 4.79 Å². The zero-order valence-electron chi connectivity index (χ0n) is 14.5. The van der Waals surface area contributed by atoms with Gasteiger partial charge in [0.05, 0.1) is 7.11 Å².